The Morgan fingerprint density at radius 2 is 1.58 bits per heavy atom. The van der Waals surface area contributed by atoms with E-state index in [9.17, 15) is 21.6 Å². The monoisotopic (exact) mass is 387 g/mol. The summed E-state index contributed by atoms with van der Waals surface area (Å²) in [6.45, 7) is 0.561. The first-order chi connectivity index (χ1) is 12.3. The maximum atomic E-state index is 12.6. The van der Waals surface area contributed by atoms with E-state index in [2.05, 4.69) is 0 Å². The number of hydrogen-bond acceptors (Lipinski definition) is 4. The Morgan fingerprint density at radius 3 is 2.12 bits per heavy atom. The van der Waals surface area contributed by atoms with Crippen molar-refractivity contribution in [2.75, 3.05) is 6.54 Å². The van der Waals surface area contributed by atoms with Crippen molar-refractivity contribution < 1.29 is 26.3 Å². The fraction of sp³-hybridized carbons (Fsp3) is 0.333. The van der Waals surface area contributed by atoms with Gasteiger partial charge in [0.15, 0.2) is 0 Å². The molecule has 0 bridgehead atoms. The van der Waals surface area contributed by atoms with Crippen molar-refractivity contribution in [3.8, 4) is 5.75 Å². The molecule has 0 saturated heterocycles. The van der Waals surface area contributed by atoms with Crippen molar-refractivity contribution >= 4 is 9.84 Å². The summed E-state index contributed by atoms with van der Waals surface area (Å²) in [5.41, 5.74) is 1.11. The van der Waals surface area contributed by atoms with Crippen LogP contribution in [-0.4, -0.2) is 20.5 Å². The van der Waals surface area contributed by atoms with E-state index in [0.717, 1.165) is 30.5 Å². The Morgan fingerprint density at radius 1 is 0.962 bits per heavy atom. The predicted octanol–water partition coefficient (Wildman–Crippen LogP) is 4.23. The molecule has 0 aliphatic heterocycles. The zero-order valence-electron chi connectivity index (χ0n) is 13.9. The van der Waals surface area contributed by atoms with Gasteiger partial charge in [-0.2, -0.15) is 13.2 Å². The molecule has 2 N–H and O–H groups in total. The van der Waals surface area contributed by atoms with Gasteiger partial charge in [0.25, 0.3) is 9.84 Å². The van der Waals surface area contributed by atoms with Gasteiger partial charge in [0, 0.05) is 0 Å². The highest BCUT2D eigenvalue weighted by atomic mass is 32.2. The van der Waals surface area contributed by atoms with Crippen LogP contribution in [0.4, 0.5) is 13.2 Å². The number of halogens is 3. The second-order valence-corrected chi connectivity index (χ2v) is 7.66. The molecule has 26 heavy (non-hydrogen) atoms. The highest BCUT2D eigenvalue weighted by molar-refractivity contribution is 7.92. The van der Waals surface area contributed by atoms with Crippen LogP contribution < -0.4 is 10.5 Å². The lowest BCUT2D eigenvalue weighted by Gasteiger charge is -2.20. The number of unbranched alkanes of at least 4 members (excludes halogenated alkanes) is 1. The fourth-order valence-corrected chi connectivity index (χ4v) is 3.19. The molecular weight excluding hydrogens is 367 g/mol. The van der Waals surface area contributed by atoms with Crippen LogP contribution in [-0.2, 0) is 9.84 Å². The van der Waals surface area contributed by atoms with Crippen molar-refractivity contribution in [2.45, 2.75) is 35.8 Å². The topological polar surface area (TPSA) is 69.4 Å². The lowest BCUT2D eigenvalue weighted by molar-refractivity contribution is -0.0436. The number of alkyl halides is 3. The van der Waals surface area contributed by atoms with E-state index in [1.54, 1.807) is 0 Å². The minimum atomic E-state index is -5.36. The van der Waals surface area contributed by atoms with Gasteiger partial charge < -0.3 is 10.5 Å². The average Bonchev–Trinajstić information content (AvgIpc) is 2.61. The van der Waals surface area contributed by atoms with E-state index in [-0.39, 0.29) is 6.10 Å². The van der Waals surface area contributed by atoms with Crippen LogP contribution in [0.15, 0.2) is 59.5 Å². The van der Waals surface area contributed by atoms with Crippen LogP contribution in [0.25, 0.3) is 0 Å². The Balaban J connectivity index is 2.18. The lowest BCUT2D eigenvalue weighted by atomic mass is 10.0. The fourth-order valence-electron chi connectivity index (χ4n) is 2.43. The summed E-state index contributed by atoms with van der Waals surface area (Å²) in [6, 6.07) is 13.7. The van der Waals surface area contributed by atoms with Crippen LogP contribution >= 0.6 is 0 Å². The molecule has 1 unspecified atom stereocenters. The van der Waals surface area contributed by atoms with E-state index in [1.807, 2.05) is 30.3 Å². The summed E-state index contributed by atoms with van der Waals surface area (Å²) in [4.78, 5) is -0.809. The number of hydrogen-bond donors (Lipinski definition) is 1. The minimum Gasteiger partial charge on any atom is -0.486 e. The van der Waals surface area contributed by atoms with Crippen molar-refractivity contribution in [3.63, 3.8) is 0 Å². The van der Waals surface area contributed by atoms with Gasteiger partial charge in [-0.15, -0.1) is 0 Å². The molecule has 0 aromatic heterocycles. The van der Waals surface area contributed by atoms with Crippen molar-refractivity contribution in [2.24, 2.45) is 5.73 Å². The summed E-state index contributed by atoms with van der Waals surface area (Å²) in [6.07, 6.45) is 2.04. The molecule has 4 nitrogen and oxygen atoms in total. The molecule has 0 heterocycles. The molecular formula is C18H20F3NO3S. The molecule has 1 atom stereocenters. The maximum absolute atomic E-state index is 12.6. The second kappa shape index (κ2) is 8.55. The van der Waals surface area contributed by atoms with Crippen molar-refractivity contribution in [1.82, 2.24) is 0 Å². The van der Waals surface area contributed by atoms with Gasteiger partial charge in [0.05, 0.1) is 4.90 Å². The number of rotatable bonds is 8. The van der Waals surface area contributed by atoms with Gasteiger partial charge in [-0.05, 0) is 55.6 Å². The third kappa shape index (κ3) is 4.98. The smallest absolute Gasteiger partial charge is 0.486 e. The molecule has 0 aliphatic carbocycles. The molecule has 2 aromatic carbocycles. The van der Waals surface area contributed by atoms with Gasteiger partial charge in [0.1, 0.15) is 11.9 Å². The Labute approximate surface area is 150 Å². The van der Waals surface area contributed by atoms with Crippen LogP contribution in [0.5, 0.6) is 5.75 Å². The van der Waals surface area contributed by atoms with Gasteiger partial charge in [0.2, 0.25) is 0 Å². The average molecular weight is 387 g/mol. The summed E-state index contributed by atoms with van der Waals surface area (Å²) in [5.74, 6) is 0.299. The van der Waals surface area contributed by atoms with Crippen LogP contribution in [0, 0.1) is 0 Å². The summed E-state index contributed by atoms with van der Waals surface area (Å²) in [5, 5.41) is 0. The largest absolute Gasteiger partial charge is 0.501 e. The van der Waals surface area contributed by atoms with Crippen LogP contribution in [0.1, 0.15) is 30.9 Å². The quantitative estimate of drug-likeness (QED) is 0.688. The molecule has 2 rings (SSSR count). The van der Waals surface area contributed by atoms with E-state index < -0.39 is 20.2 Å². The first kappa shape index (κ1) is 20.3. The van der Waals surface area contributed by atoms with Crippen molar-refractivity contribution in [1.29, 1.82) is 0 Å². The maximum Gasteiger partial charge on any atom is 0.501 e. The third-order valence-corrected chi connectivity index (χ3v) is 5.31. The van der Waals surface area contributed by atoms with E-state index in [1.165, 1.54) is 12.1 Å². The SMILES string of the molecule is NCCCCC(Oc1ccc(S(=O)(=O)C(F)(F)F)cc1)c1ccccc1. The second-order valence-electron chi connectivity index (χ2n) is 5.72. The Kier molecular flexibility index (Phi) is 6.66. The molecule has 8 heteroatoms. The van der Waals surface area contributed by atoms with Crippen molar-refractivity contribution in [3.05, 3.63) is 60.2 Å². The molecule has 0 spiro atoms. The number of sulfone groups is 1. The van der Waals surface area contributed by atoms with E-state index in [4.69, 9.17) is 10.5 Å². The molecule has 0 amide bonds. The lowest BCUT2D eigenvalue weighted by Crippen LogP contribution is -2.23. The van der Waals surface area contributed by atoms with Gasteiger partial charge in [-0.1, -0.05) is 30.3 Å². The van der Waals surface area contributed by atoms with Gasteiger partial charge >= 0.3 is 5.51 Å². The molecule has 0 aliphatic rings. The Bertz CT molecular complexity index is 791. The number of nitrogens with two attached hydrogens (primary N) is 1. The molecule has 0 saturated carbocycles. The zero-order valence-corrected chi connectivity index (χ0v) is 14.8. The summed E-state index contributed by atoms with van der Waals surface area (Å²) >= 11 is 0. The van der Waals surface area contributed by atoms with Gasteiger partial charge in [-0.3, -0.25) is 0 Å². The standard InChI is InChI=1S/C18H20F3NO3S/c19-18(20,21)26(23,24)16-11-9-15(10-12-16)25-17(8-4-5-13-22)14-6-2-1-3-7-14/h1-3,6-7,9-12,17H,4-5,8,13,22H2. The normalized spacial score (nSPS) is 13.4. The number of benzene rings is 2. The predicted molar refractivity (Wildman–Crippen MR) is 92.4 cm³/mol. The Hall–Kier alpha value is -2.06. The minimum absolute atomic E-state index is 0.298. The third-order valence-electron chi connectivity index (χ3n) is 3.81. The molecule has 0 fully saturated rings. The van der Waals surface area contributed by atoms with Gasteiger partial charge in [-0.25, -0.2) is 8.42 Å². The zero-order chi connectivity index (χ0) is 19.2. The van der Waals surface area contributed by atoms with E-state index >= 15 is 0 Å². The number of ether oxygens (including phenoxy) is 1. The first-order valence-corrected chi connectivity index (χ1v) is 9.57. The molecule has 2 aromatic rings. The van der Waals surface area contributed by atoms with Crippen LogP contribution in [0.3, 0.4) is 0 Å². The van der Waals surface area contributed by atoms with Crippen LogP contribution in [0.2, 0.25) is 0 Å². The molecule has 142 valence electrons. The highest BCUT2D eigenvalue weighted by Crippen LogP contribution is 2.32. The molecule has 0 radical (unpaired) electrons. The highest BCUT2D eigenvalue weighted by Gasteiger charge is 2.46. The summed E-state index contributed by atoms with van der Waals surface area (Å²) < 4.78 is 66.5. The first-order valence-electron chi connectivity index (χ1n) is 8.09. The summed E-state index contributed by atoms with van der Waals surface area (Å²) in [7, 11) is -5.36. The van der Waals surface area contributed by atoms with E-state index in [0.29, 0.717) is 18.7 Å².